The molecule has 196 valence electrons. The van der Waals surface area contributed by atoms with Crippen molar-refractivity contribution in [1.29, 1.82) is 0 Å². The van der Waals surface area contributed by atoms with E-state index in [0.717, 1.165) is 0 Å². The van der Waals surface area contributed by atoms with Crippen LogP contribution in [-0.2, 0) is 11.8 Å². The molecule has 0 aliphatic rings. The molecule has 2 aromatic heterocycles. The number of fused-ring (bicyclic) bond motifs is 1. The molecule has 2 heterocycles. The molecular weight excluding hydrogens is 484 g/mol. The maximum absolute atomic E-state index is 13.6. The molecule has 0 atom stereocenters. The van der Waals surface area contributed by atoms with E-state index in [2.05, 4.69) is 4.98 Å². The Labute approximate surface area is 221 Å². The van der Waals surface area contributed by atoms with Crippen molar-refractivity contribution < 1.29 is 23.9 Å². The van der Waals surface area contributed by atoms with E-state index in [1.54, 1.807) is 104 Å². The second-order valence-corrected chi connectivity index (χ2v) is 9.32. The molecule has 38 heavy (non-hydrogen) atoms. The van der Waals surface area contributed by atoms with Gasteiger partial charge in [0.05, 0.1) is 17.4 Å². The zero-order valence-corrected chi connectivity index (χ0v) is 22.0. The number of carbonyl (C=O) groups excluding carboxylic acids is 3. The van der Waals surface area contributed by atoms with Gasteiger partial charge in [-0.15, -0.1) is 0 Å². The number of hydrogen-bond donors (Lipinski definition) is 0. The van der Waals surface area contributed by atoms with Gasteiger partial charge in [0.15, 0.2) is 0 Å². The van der Waals surface area contributed by atoms with Gasteiger partial charge in [-0.25, -0.2) is 14.6 Å². The van der Waals surface area contributed by atoms with Crippen LogP contribution >= 0.6 is 0 Å². The van der Waals surface area contributed by atoms with E-state index in [0.29, 0.717) is 34.6 Å². The van der Waals surface area contributed by atoms with Gasteiger partial charge in [-0.1, -0.05) is 36.4 Å². The van der Waals surface area contributed by atoms with E-state index in [4.69, 9.17) is 9.47 Å². The molecule has 0 bridgehead atoms. The second kappa shape index (κ2) is 10.8. The average Bonchev–Trinajstić information content (AvgIpc) is 3.24. The largest absolute Gasteiger partial charge is 0.425 e. The van der Waals surface area contributed by atoms with E-state index in [9.17, 15) is 14.4 Å². The number of nitrogens with zero attached hydrogens (tertiary/aromatic N) is 4. The van der Waals surface area contributed by atoms with Gasteiger partial charge in [0.2, 0.25) is 0 Å². The van der Waals surface area contributed by atoms with Gasteiger partial charge in [-0.05, 0) is 51.1 Å². The van der Waals surface area contributed by atoms with Crippen molar-refractivity contribution in [3.05, 3.63) is 84.7 Å². The van der Waals surface area contributed by atoms with Crippen molar-refractivity contribution in [2.75, 3.05) is 18.5 Å². The minimum Gasteiger partial charge on any atom is -0.425 e. The highest BCUT2D eigenvalue weighted by Gasteiger charge is 2.42. The summed E-state index contributed by atoms with van der Waals surface area (Å²) in [7, 11) is 3.50. The zero-order valence-electron chi connectivity index (χ0n) is 22.0. The summed E-state index contributed by atoms with van der Waals surface area (Å²) in [5.74, 6) is -0.208. The summed E-state index contributed by atoms with van der Waals surface area (Å²) in [6.07, 6.45) is 2.38. The molecule has 0 radical (unpaired) electrons. The Balaban J connectivity index is 1.80. The molecule has 9 nitrogen and oxygen atoms in total. The fraction of sp³-hybridized carbons (Fsp3) is 0.241. The normalized spacial score (nSPS) is 11.2. The van der Waals surface area contributed by atoms with Gasteiger partial charge in [0.25, 0.3) is 5.91 Å². The quantitative estimate of drug-likeness (QED) is 0.253. The molecule has 0 saturated carbocycles. The number of aromatic nitrogens is 2. The lowest BCUT2D eigenvalue weighted by atomic mass is 10.0. The van der Waals surface area contributed by atoms with Gasteiger partial charge in [-0.2, -0.15) is 0 Å². The third-order valence-corrected chi connectivity index (χ3v) is 6.25. The number of para-hydroxylation sites is 2. The highest BCUT2D eigenvalue weighted by Crippen LogP contribution is 2.31. The number of esters is 1. The number of aryl methyl sites for hydroxylation is 1. The first-order valence-corrected chi connectivity index (χ1v) is 12.2. The van der Waals surface area contributed by atoms with Gasteiger partial charge >= 0.3 is 12.1 Å². The molecule has 0 unspecified atom stereocenters. The fourth-order valence-corrected chi connectivity index (χ4v) is 4.00. The van der Waals surface area contributed by atoms with Crippen molar-refractivity contribution in [2.24, 2.45) is 7.05 Å². The number of anilines is 1. The van der Waals surface area contributed by atoms with E-state index in [-0.39, 0.29) is 11.6 Å². The van der Waals surface area contributed by atoms with Crippen molar-refractivity contribution in [3.63, 3.8) is 0 Å². The smallest absolute Gasteiger partial charge is 0.420 e. The summed E-state index contributed by atoms with van der Waals surface area (Å²) >= 11 is 0. The maximum atomic E-state index is 13.6. The lowest BCUT2D eigenvalue weighted by Gasteiger charge is -2.35. The number of pyridine rings is 1. The first-order chi connectivity index (χ1) is 18.1. The lowest BCUT2D eigenvalue weighted by molar-refractivity contribution is -0.139. The summed E-state index contributed by atoms with van der Waals surface area (Å²) in [5.41, 5.74) is -0.256. The van der Waals surface area contributed by atoms with Crippen LogP contribution in [0.2, 0.25) is 0 Å². The third-order valence-electron chi connectivity index (χ3n) is 6.25. The Bertz CT molecular complexity index is 1460. The Morgan fingerprint density at radius 2 is 1.53 bits per heavy atom. The second-order valence-electron chi connectivity index (χ2n) is 9.32. The van der Waals surface area contributed by atoms with Crippen molar-refractivity contribution >= 4 is 34.7 Å². The van der Waals surface area contributed by atoms with Crippen LogP contribution < -0.4 is 14.4 Å². The van der Waals surface area contributed by atoms with Crippen LogP contribution in [0.1, 0.15) is 31.1 Å². The van der Waals surface area contributed by atoms with Gasteiger partial charge in [0, 0.05) is 32.2 Å². The van der Waals surface area contributed by atoms with E-state index in [1.165, 1.54) is 11.1 Å². The summed E-state index contributed by atoms with van der Waals surface area (Å²) in [6.45, 7) is 5.54. The number of ether oxygens (including phenoxy) is 2. The Morgan fingerprint density at radius 3 is 2.11 bits per heavy atom. The molecular formula is C29H30N4O5. The van der Waals surface area contributed by atoms with E-state index >= 15 is 0 Å². The minimum atomic E-state index is -1.52. The topological polar surface area (TPSA) is 94.0 Å². The number of rotatable bonds is 7. The first-order valence-electron chi connectivity index (χ1n) is 12.2. The van der Waals surface area contributed by atoms with Crippen molar-refractivity contribution in [1.82, 2.24) is 14.5 Å². The first kappa shape index (κ1) is 26.4. The highest BCUT2D eigenvalue weighted by molar-refractivity contribution is 6.08. The molecule has 0 fully saturated rings. The molecule has 2 aromatic carbocycles. The monoisotopic (exact) mass is 514 g/mol. The number of hydrogen-bond acceptors (Lipinski definition) is 6. The molecule has 4 rings (SSSR count). The SMILES string of the molecule is CCN(C)C(=O)c1cn(C)c2ncc(N(C(=O)Oc3ccccc3)C(C)(C)C(=O)Oc3ccccc3)cc12. The van der Waals surface area contributed by atoms with Crippen molar-refractivity contribution in [2.45, 2.75) is 26.3 Å². The van der Waals surface area contributed by atoms with Gasteiger partial charge < -0.3 is 18.9 Å². The van der Waals surface area contributed by atoms with Crippen LogP contribution in [0, 0.1) is 0 Å². The van der Waals surface area contributed by atoms with Crippen LogP contribution in [0.5, 0.6) is 11.5 Å². The van der Waals surface area contributed by atoms with Crippen LogP contribution in [0.4, 0.5) is 10.5 Å². The number of benzene rings is 2. The number of amides is 2. The third kappa shape index (κ3) is 5.22. The van der Waals surface area contributed by atoms with Crippen LogP contribution in [0.15, 0.2) is 79.1 Å². The fourth-order valence-electron chi connectivity index (χ4n) is 4.00. The lowest BCUT2D eigenvalue weighted by Crippen LogP contribution is -2.56. The molecule has 0 N–H and O–H groups in total. The Kier molecular flexibility index (Phi) is 7.47. The summed E-state index contributed by atoms with van der Waals surface area (Å²) in [5, 5.41) is 0.542. The van der Waals surface area contributed by atoms with Crippen LogP contribution in [0.25, 0.3) is 11.0 Å². The Morgan fingerprint density at radius 1 is 0.947 bits per heavy atom. The standard InChI is InChI=1S/C29H30N4O5/c1-6-31(4)26(34)24-19-32(5)25-23(24)17-20(18-30-25)33(28(36)38-22-15-11-8-12-16-22)29(2,3)27(35)37-21-13-9-7-10-14-21/h7-19H,6H2,1-5H3. The Hall–Kier alpha value is -4.66. The van der Waals surface area contributed by atoms with E-state index in [1.807, 2.05) is 13.0 Å². The molecule has 4 aromatic rings. The molecule has 0 spiro atoms. The summed E-state index contributed by atoms with van der Waals surface area (Å²) in [6, 6.07) is 18.8. The summed E-state index contributed by atoms with van der Waals surface area (Å²) < 4.78 is 13.0. The average molecular weight is 515 g/mol. The molecule has 0 aliphatic heterocycles. The molecule has 0 aliphatic carbocycles. The predicted octanol–water partition coefficient (Wildman–Crippen LogP) is 5.05. The summed E-state index contributed by atoms with van der Waals surface area (Å²) in [4.78, 5) is 47.4. The zero-order chi connectivity index (χ0) is 27.4. The highest BCUT2D eigenvalue weighted by atomic mass is 16.6. The molecule has 2 amide bonds. The van der Waals surface area contributed by atoms with Crippen LogP contribution in [-0.4, -0.2) is 51.6 Å². The number of carbonyl (C=O) groups is 3. The van der Waals surface area contributed by atoms with Crippen molar-refractivity contribution in [3.8, 4) is 11.5 Å². The van der Waals surface area contributed by atoms with Crippen LogP contribution in [0.3, 0.4) is 0 Å². The van der Waals surface area contributed by atoms with Gasteiger partial charge in [-0.3, -0.25) is 9.69 Å². The van der Waals surface area contributed by atoms with E-state index < -0.39 is 17.6 Å². The molecule has 0 saturated heterocycles. The molecule has 9 heteroatoms. The predicted molar refractivity (Wildman–Crippen MR) is 144 cm³/mol. The minimum absolute atomic E-state index is 0.182. The maximum Gasteiger partial charge on any atom is 0.420 e. The van der Waals surface area contributed by atoms with Gasteiger partial charge in [0.1, 0.15) is 22.7 Å².